The molecule has 1 saturated carbocycles. The van der Waals surface area contributed by atoms with Crippen LogP contribution in [0.4, 0.5) is 0 Å². The summed E-state index contributed by atoms with van der Waals surface area (Å²) in [6.45, 7) is 3.35. The average molecular weight is 302 g/mol. The van der Waals surface area contributed by atoms with Crippen LogP contribution in [0.5, 0.6) is 0 Å². The number of hydrogen-bond acceptors (Lipinski definition) is 4. The van der Waals surface area contributed by atoms with Gasteiger partial charge in [0.25, 0.3) is 0 Å². The number of nitrogens with zero attached hydrogens (tertiary/aromatic N) is 1. The van der Waals surface area contributed by atoms with Crippen molar-refractivity contribution in [1.29, 1.82) is 0 Å². The van der Waals surface area contributed by atoms with Crippen LogP contribution in [-0.4, -0.2) is 54.8 Å². The number of nitrogens with one attached hydrogen (secondary N) is 1. The van der Waals surface area contributed by atoms with E-state index >= 15 is 0 Å². The Morgan fingerprint density at radius 1 is 1.25 bits per heavy atom. The van der Waals surface area contributed by atoms with Gasteiger partial charge in [0.15, 0.2) is 9.84 Å². The first-order chi connectivity index (χ1) is 9.29. The van der Waals surface area contributed by atoms with Crippen molar-refractivity contribution in [3.05, 3.63) is 0 Å². The second-order valence-corrected chi connectivity index (χ2v) is 8.56. The van der Waals surface area contributed by atoms with Gasteiger partial charge in [0.1, 0.15) is 5.54 Å². The maximum absolute atomic E-state index is 12.2. The molecule has 1 N–H and O–H groups in total. The molecule has 0 unspecified atom stereocenters. The summed E-state index contributed by atoms with van der Waals surface area (Å²) in [5.74, 6) is -0.382. The molecule has 0 aromatic rings. The molecule has 0 aromatic heterocycles. The molecule has 0 radical (unpaired) electrons. The van der Waals surface area contributed by atoms with Gasteiger partial charge in [-0.2, -0.15) is 0 Å². The first-order valence-corrected chi connectivity index (χ1v) is 8.81. The fourth-order valence-corrected chi connectivity index (χ4v) is 3.94. The molecule has 2 rings (SSSR count). The molecule has 0 atom stereocenters. The van der Waals surface area contributed by atoms with Gasteiger partial charge in [-0.3, -0.25) is 9.59 Å². The van der Waals surface area contributed by atoms with Crippen molar-refractivity contribution >= 4 is 21.7 Å². The fraction of sp³-hybridized carbons (Fsp3) is 0.846. The van der Waals surface area contributed by atoms with Crippen LogP contribution < -0.4 is 5.32 Å². The van der Waals surface area contributed by atoms with Crippen LogP contribution in [0.15, 0.2) is 0 Å². The Kier molecular flexibility index (Phi) is 4.09. The van der Waals surface area contributed by atoms with E-state index in [-0.39, 0.29) is 30.7 Å². The summed E-state index contributed by atoms with van der Waals surface area (Å²) in [7, 11) is -3.21. The van der Waals surface area contributed by atoms with Crippen molar-refractivity contribution in [3.8, 4) is 0 Å². The van der Waals surface area contributed by atoms with E-state index in [1.54, 1.807) is 13.8 Å². The number of amides is 2. The summed E-state index contributed by atoms with van der Waals surface area (Å²) in [4.78, 5) is 25.8. The monoisotopic (exact) mass is 302 g/mol. The third kappa shape index (κ3) is 2.55. The van der Waals surface area contributed by atoms with Crippen molar-refractivity contribution < 1.29 is 18.0 Å². The van der Waals surface area contributed by atoms with Crippen molar-refractivity contribution in [3.63, 3.8) is 0 Å². The zero-order chi connectivity index (χ0) is 15.0. The Hall–Kier alpha value is -1.11. The van der Waals surface area contributed by atoms with Crippen LogP contribution in [-0.2, 0) is 19.4 Å². The second kappa shape index (κ2) is 5.35. The Bertz CT molecular complexity index is 506. The number of sulfone groups is 1. The summed E-state index contributed by atoms with van der Waals surface area (Å²) in [5, 5.41) is 2.17. The quantitative estimate of drug-likeness (QED) is 0.797. The van der Waals surface area contributed by atoms with E-state index in [0.717, 1.165) is 12.8 Å². The first-order valence-electron chi connectivity index (χ1n) is 7.10. The van der Waals surface area contributed by atoms with Gasteiger partial charge >= 0.3 is 0 Å². The lowest BCUT2D eigenvalue weighted by Crippen LogP contribution is -2.66. The Morgan fingerprint density at radius 2 is 1.85 bits per heavy atom. The van der Waals surface area contributed by atoms with Crippen molar-refractivity contribution in [2.75, 3.05) is 18.8 Å². The molecule has 2 amide bonds. The average Bonchev–Trinajstić information content (AvgIpc) is 2.84. The Balaban J connectivity index is 2.18. The maximum atomic E-state index is 12.2. The van der Waals surface area contributed by atoms with E-state index < -0.39 is 20.6 Å². The van der Waals surface area contributed by atoms with E-state index in [0.29, 0.717) is 12.8 Å². The molecule has 1 spiro atoms. The van der Waals surface area contributed by atoms with Crippen molar-refractivity contribution in [2.45, 2.75) is 50.3 Å². The lowest BCUT2D eigenvalue weighted by atomic mass is 9.91. The van der Waals surface area contributed by atoms with Gasteiger partial charge in [0, 0.05) is 6.54 Å². The number of piperazine rings is 1. The topological polar surface area (TPSA) is 83.6 Å². The smallest absolute Gasteiger partial charge is 0.246 e. The number of carbonyl (C=O) groups is 2. The van der Waals surface area contributed by atoms with Crippen molar-refractivity contribution in [1.82, 2.24) is 10.2 Å². The maximum Gasteiger partial charge on any atom is 0.246 e. The molecule has 2 fully saturated rings. The minimum absolute atomic E-state index is 0.0255. The standard InChI is InChI=1S/C13H22N2O4S/c1-10(2)20(18,19)8-7-15-11(16)9-14-12(17)13(15)5-3-4-6-13/h10H,3-9H2,1-2H3,(H,14,17). The molecule has 7 heteroatoms. The van der Waals surface area contributed by atoms with E-state index in [1.807, 2.05) is 0 Å². The molecule has 114 valence electrons. The van der Waals surface area contributed by atoms with Gasteiger partial charge in [-0.15, -0.1) is 0 Å². The van der Waals surface area contributed by atoms with Crippen LogP contribution in [0.3, 0.4) is 0 Å². The third-order valence-electron chi connectivity index (χ3n) is 4.39. The lowest BCUT2D eigenvalue weighted by molar-refractivity contribution is -0.153. The fourth-order valence-electron chi connectivity index (χ4n) is 3.03. The van der Waals surface area contributed by atoms with E-state index in [2.05, 4.69) is 5.32 Å². The molecule has 0 aromatic carbocycles. The molecule has 1 aliphatic carbocycles. The summed E-state index contributed by atoms with van der Waals surface area (Å²) in [6.07, 6.45) is 3.06. The summed E-state index contributed by atoms with van der Waals surface area (Å²) >= 11 is 0. The second-order valence-electron chi connectivity index (χ2n) is 5.88. The molecule has 1 heterocycles. The van der Waals surface area contributed by atoms with Gasteiger partial charge in [-0.05, 0) is 26.7 Å². The van der Waals surface area contributed by atoms with Gasteiger partial charge in [-0.25, -0.2) is 8.42 Å². The highest BCUT2D eigenvalue weighted by Crippen LogP contribution is 2.37. The van der Waals surface area contributed by atoms with Crippen LogP contribution in [0.2, 0.25) is 0 Å². The molecule has 6 nitrogen and oxygen atoms in total. The lowest BCUT2D eigenvalue weighted by Gasteiger charge is -2.43. The zero-order valence-electron chi connectivity index (χ0n) is 12.0. The number of hydrogen-bond donors (Lipinski definition) is 1. The van der Waals surface area contributed by atoms with Gasteiger partial charge in [0.2, 0.25) is 11.8 Å². The van der Waals surface area contributed by atoms with Crippen LogP contribution in [0, 0.1) is 0 Å². The predicted molar refractivity (Wildman–Crippen MR) is 74.8 cm³/mol. The van der Waals surface area contributed by atoms with Gasteiger partial charge in [0.05, 0.1) is 17.5 Å². The van der Waals surface area contributed by atoms with Crippen LogP contribution >= 0.6 is 0 Å². The highest BCUT2D eigenvalue weighted by molar-refractivity contribution is 7.92. The number of carbonyl (C=O) groups excluding carboxylic acids is 2. The van der Waals surface area contributed by atoms with E-state index in [4.69, 9.17) is 0 Å². The predicted octanol–water partition coefficient (Wildman–Crippen LogP) is 0.0808. The Morgan fingerprint density at radius 3 is 2.40 bits per heavy atom. The van der Waals surface area contributed by atoms with Crippen LogP contribution in [0.1, 0.15) is 39.5 Å². The molecule has 2 aliphatic rings. The van der Waals surface area contributed by atoms with Gasteiger partial charge in [-0.1, -0.05) is 12.8 Å². The summed E-state index contributed by atoms with van der Waals surface area (Å²) in [5.41, 5.74) is -0.804. The minimum Gasteiger partial charge on any atom is -0.345 e. The zero-order valence-corrected chi connectivity index (χ0v) is 12.8. The largest absolute Gasteiger partial charge is 0.345 e. The molecule has 1 aliphatic heterocycles. The molecule has 1 saturated heterocycles. The van der Waals surface area contributed by atoms with E-state index in [1.165, 1.54) is 4.90 Å². The summed E-state index contributed by atoms with van der Waals surface area (Å²) in [6, 6.07) is 0. The minimum atomic E-state index is -3.21. The van der Waals surface area contributed by atoms with Crippen molar-refractivity contribution in [2.24, 2.45) is 0 Å². The SMILES string of the molecule is CC(C)S(=O)(=O)CCN1C(=O)CNC(=O)C12CCCC2. The third-order valence-corrected chi connectivity index (χ3v) is 6.58. The van der Waals surface area contributed by atoms with Gasteiger partial charge < -0.3 is 10.2 Å². The number of rotatable bonds is 4. The normalized spacial score (nSPS) is 22.6. The Labute approximate surface area is 119 Å². The molecule has 0 bridgehead atoms. The van der Waals surface area contributed by atoms with E-state index in [9.17, 15) is 18.0 Å². The highest BCUT2D eigenvalue weighted by Gasteiger charge is 2.50. The summed E-state index contributed by atoms with van der Waals surface area (Å²) < 4.78 is 23.9. The van der Waals surface area contributed by atoms with Crippen LogP contribution in [0.25, 0.3) is 0 Å². The first kappa shape index (κ1) is 15.3. The highest BCUT2D eigenvalue weighted by atomic mass is 32.2. The molecule has 20 heavy (non-hydrogen) atoms. The molecular weight excluding hydrogens is 280 g/mol. The molecular formula is C13H22N2O4S.